The van der Waals surface area contributed by atoms with Crippen LogP contribution in [0.5, 0.6) is 0 Å². The van der Waals surface area contributed by atoms with Gasteiger partial charge in [0.15, 0.2) is 0 Å². The predicted octanol–water partition coefficient (Wildman–Crippen LogP) is 3.12. The SMILES string of the molecule is CC#CCCC(NC)c1ccc(C)s1. The first-order chi connectivity index (χ1) is 6.77. The molecule has 1 aromatic rings. The van der Waals surface area contributed by atoms with Crippen LogP contribution in [0.3, 0.4) is 0 Å². The minimum absolute atomic E-state index is 0.467. The van der Waals surface area contributed by atoms with Gasteiger partial charge >= 0.3 is 0 Å². The lowest BCUT2D eigenvalue weighted by Crippen LogP contribution is -2.14. The van der Waals surface area contributed by atoms with Crippen molar-refractivity contribution in [1.29, 1.82) is 0 Å². The van der Waals surface area contributed by atoms with Crippen LogP contribution in [0.15, 0.2) is 12.1 Å². The number of rotatable bonds is 4. The highest BCUT2D eigenvalue weighted by molar-refractivity contribution is 7.12. The Morgan fingerprint density at radius 2 is 2.29 bits per heavy atom. The summed E-state index contributed by atoms with van der Waals surface area (Å²) < 4.78 is 0. The normalized spacial score (nSPS) is 11.9. The van der Waals surface area contributed by atoms with E-state index in [1.807, 2.05) is 25.3 Å². The molecule has 0 spiro atoms. The van der Waals surface area contributed by atoms with Crippen molar-refractivity contribution in [2.45, 2.75) is 32.7 Å². The summed E-state index contributed by atoms with van der Waals surface area (Å²) in [4.78, 5) is 2.80. The number of hydrogen-bond donors (Lipinski definition) is 1. The minimum atomic E-state index is 0.467. The van der Waals surface area contributed by atoms with Gasteiger partial charge in [-0.05, 0) is 39.4 Å². The van der Waals surface area contributed by atoms with Gasteiger partial charge in [-0.25, -0.2) is 0 Å². The summed E-state index contributed by atoms with van der Waals surface area (Å²) in [7, 11) is 2.01. The van der Waals surface area contributed by atoms with E-state index in [1.54, 1.807) is 0 Å². The molecule has 0 aliphatic rings. The Bertz CT molecular complexity index is 330. The number of aryl methyl sites for hydroxylation is 1. The van der Waals surface area contributed by atoms with E-state index in [1.165, 1.54) is 9.75 Å². The van der Waals surface area contributed by atoms with Crippen molar-refractivity contribution in [2.75, 3.05) is 7.05 Å². The minimum Gasteiger partial charge on any atom is -0.312 e. The molecule has 1 N–H and O–H groups in total. The fourth-order valence-corrected chi connectivity index (χ4v) is 2.43. The molecule has 0 bridgehead atoms. The van der Waals surface area contributed by atoms with E-state index >= 15 is 0 Å². The monoisotopic (exact) mass is 207 g/mol. The Balaban J connectivity index is 2.56. The summed E-state index contributed by atoms with van der Waals surface area (Å²) in [6.07, 6.45) is 2.07. The van der Waals surface area contributed by atoms with Crippen LogP contribution in [0.4, 0.5) is 0 Å². The molecule has 0 saturated heterocycles. The van der Waals surface area contributed by atoms with Gasteiger partial charge in [0.25, 0.3) is 0 Å². The van der Waals surface area contributed by atoms with E-state index in [0.717, 1.165) is 12.8 Å². The molecule has 0 radical (unpaired) electrons. The topological polar surface area (TPSA) is 12.0 Å². The molecule has 1 rings (SSSR count). The molecule has 2 heteroatoms. The molecule has 0 fully saturated rings. The molecule has 1 unspecified atom stereocenters. The van der Waals surface area contributed by atoms with Crippen molar-refractivity contribution < 1.29 is 0 Å². The van der Waals surface area contributed by atoms with Gasteiger partial charge in [0.2, 0.25) is 0 Å². The van der Waals surface area contributed by atoms with Gasteiger partial charge in [0.05, 0.1) is 0 Å². The zero-order valence-corrected chi connectivity index (χ0v) is 9.87. The van der Waals surface area contributed by atoms with Gasteiger partial charge in [0.1, 0.15) is 0 Å². The van der Waals surface area contributed by atoms with Crippen LogP contribution in [-0.4, -0.2) is 7.05 Å². The Morgan fingerprint density at radius 1 is 1.50 bits per heavy atom. The highest BCUT2D eigenvalue weighted by Crippen LogP contribution is 2.25. The van der Waals surface area contributed by atoms with Crippen molar-refractivity contribution in [3.63, 3.8) is 0 Å². The van der Waals surface area contributed by atoms with Crippen LogP contribution in [0.2, 0.25) is 0 Å². The second kappa shape index (κ2) is 5.85. The summed E-state index contributed by atoms with van der Waals surface area (Å²) in [5.74, 6) is 6.03. The summed E-state index contributed by atoms with van der Waals surface area (Å²) in [5.41, 5.74) is 0. The molecule has 14 heavy (non-hydrogen) atoms. The zero-order chi connectivity index (χ0) is 10.4. The van der Waals surface area contributed by atoms with Crippen LogP contribution in [0.25, 0.3) is 0 Å². The lowest BCUT2D eigenvalue weighted by molar-refractivity contribution is 0.567. The van der Waals surface area contributed by atoms with Crippen molar-refractivity contribution in [1.82, 2.24) is 5.32 Å². The van der Waals surface area contributed by atoms with Crippen molar-refractivity contribution in [3.8, 4) is 11.8 Å². The Labute approximate surface area is 90.5 Å². The quantitative estimate of drug-likeness (QED) is 0.748. The third-order valence-corrected chi connectivity index (χ3v) is 3.30. The van der Waals surface area contributed by atoms with E-state index in [2.05, 4.69) is 36.2 Å². The van der Waals surface area contributed by atoms with E-state index in [4.69, 9.17) is 0 Å². The highest BCUT2D eigenvalue weighted by Gasteiger charge is 2.09. The fourth-order valence-electron chi connectivity index (χ4n) is 1.41. The second-order valence-electron chi connectivity index (χ2n) is 3.26. The predicted molar refractivity (Wildman–Crippen MR) is 63.5 cm³/mol. The molecule has 0 aliphatic carbocycles. The van der Waals surface area contributed by atoms with Crippen molar-refractivity contribution in [3.05, 3.63) is 21.9 Å². The van der Waals surface area contributed by atoms with E-state index < -0.39 is 0 Å². The van der Waals surface area contributed by atoms with Gasteiger partial charge in [-0.3, -0.25) is 0 Å². The maximum atomic E-state index is 3.33. The van der Waals surface area contributed by atoms with Gasteiger partial charge in [-0.15, -0.1) is 23.2 Å². The van der Waals surface area contributed by atoms with Crippen LogP contribution in [0, 0.1) is 18.8 Å². The van der Waals surface area contributed by atoms with E-state index in [9.17, 15) is 0 Å². The molecule has 1 heterocycles. The Morgan fingerprint density at radius 3 is 2.79 bits per heavy atom. The van der Waals surface area contributed by atoms with Crippen LogP contribution < -0.4 is 5.32 Å². The first-order valence-corrected chi connectivity index (χ1v) is 5.72. The first-order valence-electron chi connectivity index (χ1n) is 4.91. The molecule has 0 aliphatic heterocycles. The maximum Gasteiger partial charge on any atom is 0.0421 e. The van der Waals surface area contributed by atoms with Gasteiger partial charge in [-0.2, -0.15) is 0 Å². The number of hydrogen-bond acceptors (Lipinski definition) is 2. The van der Waals surface area contributed by atoms with E-state index in [0.29, 0.717) is 6.04 Å². The molecule has 0 saturated carbocycles. The smallest absolute Gasteiger partial charge is 0.0421 e. The van der Waals surface area contributed by atoms with Crippen LogP contribution in [0.1, 0.15) is 35.6 Å². The molecule has 76 valence electrons. The Hall–Kier alpha value is -0.780. The summed E-state index contributed by atoms with van der Waals surface area (Å²) in [6, 6.07) is 4.85. The average molecular weight is 207 g/mol. The standard InChI is InChI=1S/C12H17NS/c1-4-5-6-7-11(13-3)12-9-8-10(2)14-12/h8-9,11,13H,6-7H2,1-3H3. The van der Waals surface area contributed by atoms with Crippen LogP contribution >= 0.6 is 11.3 Å². The lowest BCUT2D eigenvalue weighted by atomic mass is 10.1. The molecule has 1 atom stereocenters. The molecule has 0 amide bonds. The summed E-state index contributed by atoms with van der Waals surface area (Å²) in [5, 5.41) is 3.33. The fraction of sp³-hybridized carbons (Fsp3) is 0.500. The maximum absolute atomic E-state index is 3.33. The summed E-state index contributed by atoms with van der Waals surface area (Å²) >= 11 is 1.87. The van der Waals surface area contributed by atoms with E-state index in [-0.39, 0.29) is 0 Å². The van der Waals surface area contributed by atoms with Crippen molar-refractivity contribution >= 4 is 11.3 Å². The third-order valence-electron chi connectivity index (χ3n) is 2.19. The van der Waals surface area contributed by atoms with Gasteiger partial charge < -0.3 is 5.32 Å². The van der Waals surface area contributed by atoms with Crippen LogP contribution in [-0.2, 0) is 0 Å². The highest BCUT2D eigenvalue weighted by atomic mass is 32.1. The van der Waals surface area contributed by atoms with Gasteiger partial charge in [-0.1, -0.05) is 0 Å². The molecule has 0 aromatic carbocycles. The third kappa shape index (κ3) is 3.17. The lowest BCUT2D eigenvalue weighted by Gasteiger charge is -2.12. The Kier molecular flexibility index (Phi) is 4.72. The zero-order valence-electron chi connectivity index (χ0n) is 9.05. The first kappa shape index (κ1) is 11.3. The number of nitrogens with one attached hydrogen (secondary N) is 1. The second-order valence-corrected chi connectivity index (χ2v) is 4.57. The van der Waals surface area contributed by atoms with Crippen molar-refractivity contribution in [2.24, 2.45) is 0 Å². The average Bonchev–Trinajstić information content (AvgIpc) is 2.60. The summed E-state index contributed by atoms with van der Waals surface area (Å²) in [6.45, 7) is 4.04. The molecule has 1 aromatic heterocycles. The molecular weight excluding hydrogens is 190 g/mol. The molecular formula is C12H17NS. The molecule has 1 nitrogen and oxygen atoms in total. The largest absolute Gasteiger partial charge is 0.312 e. The number of thiophene rings is 1. The van der Waals surface area contributed by atoms with Gasteiger partial charge in [0, 0.05) is 22.2 Å².